The van der Waals surface area contributed by atoms with E-state index in [9.17, 15) is 9.59 Å². The summed E-state index contributed by atoms with van der Waals surface area (Å²) in [5, 5.41) is 8.33. The maximum Gasteiger partial charge on any atom is 0.266 e. The lowest BCUT2D eigenvalue weighted by Crippen LogP contribution is -2.41. The van der Waals surface area contributed by atoms with Gasteiger partial charge in [-0.3, -0.25) is 9.59 Å². The maximum atomic E-state index is 12.7. The molecule has 5 rings (SSSR count). The molecule has 1 amide bonds. The quantitative estimate of drug-likeness (QED) is 0.471. The van der Waals surface area contributed by atoms with Crippen molar-refractivity contribution in [2.45, 2.75) is 26.3 Å². The van der Waals surface area contributed by atoms with Gasteiger partial charge in [-0.05, 0) is 55.7 Å². The number of carbonyl (C=O) groups excluding carboxylic acids is 1. The first-order valence-electron chi connectivity index (χ1n) is 11.1. The number of carbonyl (C=O) groups is 1. The molecule has 0 radical (unpaired) electrons. The van der Waals surface area contributed by atoms with Crippen LogP contribution in [0.2, 0.25) is 0 Å². The molecule has 1 saturated heterocycles. The van der Waals surface area contributed by atoms with Gasteiger partial charge in [-0.1, -0.05) is 17.4 Å². The number of nitrogens with zero attached hydrogens (tertiary/aromatic N) is 4. The third kappa shape index (κ3) is 4.68. The minimum Gasteiger partial charge on any atom is -0.463 e. The molecule has 0 unspecified atom stereocenters. The second-order valence-corrected chi connectivity index (χ2v) is 9.29. The lowest BCUT2D eigenvalue weighted by Gasteiger charge is -2.31. The highest BCUT2D eigenvalue weighted by molar-refractivity contribution is 7.22. The fraction of sp³-hybridized carbons (Fsp3) is 0.333. The van der Waals surface area contributed by atoms with Crippen molar-refractivity contribution >= 4 is 32.6 Å². The van der Waals surface area contributed by atoms with Crippen LogP contribution in [-0.4, -0.2) is 40.3 Å². The molecule has 4 aromatic rings. The van der Waals surface area contributed by atoms with E-state index in [0.29, 0.717) is 24.5 Å². The highest BCUT2D eigenvalue weighted by Gasteiger charge is 2.26. The van der Waals surface area contributed by atoms with Crippen molar-refractivity contribution < 1.29 is 9.21 Å². The second kappa shape index (κ2) is 9.19. The monoisotopic (exact) mass is 463 g/mol. The maximum absolute atomic E-state index is 12.7. The number of aryl methyl sites for hydroxylation is 1. The molecule has 0 spiro atoms. The number of benzene rings is 1. The van der Waals surface area contributed by atoms with E-state index in [0.717, 1.165) is 36.6 Å². The zero-order valence-electron chi connectivity index (χ0n) is 18.4. The Morgan fingerprint density at radius 2 is 2.06 bits per heavy atom. The van der Waals surface area contributed by atoms with E-state index in [-0.39, 0.29) is 17.4 Å². The van der Waals surface area contributed by atoms with E-state index in [1.807, 2.05) is 0 Å². The Bertz CT molecular complexity index is 1320. The van der Waals surface area contributed by atoms with Crippen molar-refractivity contribution in [1.82, 2.24) is 20.1 Å². The number of hydrogen-bond acceptors (Lipinski definition) is 7. The summed E-state index contributed by atoms with van der Waals surface area (Å²) in [6.45, 7) is 4.37. The van der Waals surface area contributed by atoms with Crippen molar-refractivity contribution in [2.24, 2.45) is 5.92 Å². The second-order valence-electron chi connectivity index (χ2n) is 8.28. The van der Waals surface area contributed by atoms with E-state index in [1.165, 1.54) is 21.0 Å². The van der Waals surface area contributed by atoms with Crippen molar-refractivity contribution in [3.63, 3.8) is 0 Å². The third-order valence-corrected chi connectivity index (χ3v) is 7.01. The first-order valence-corrected chi connectivity index (χ1v) is 11.9. The summed E-state index contributed by atoms with van der Waals surface area (Å²) in [5.74, 6) is 0.602. The number of aromatic nitrogens is 3. The first-order chi connectivity index (χ1) is 16.1. The number of piperidine rings is 1. The normalized spacial score (nSPS) is 14.6. The highest BCUT2D eigenvalue weighted by atomic mass is 32.1. The molecule has 1 N–H and O–H groups in total. The number of hydrogen-bond donors (Lipinski definition) is 1. The van der Waals surface area contributed by atoms with Crippen LogP contribution in [0.25, 0.3) is 21.7 Å². The fourth-order valence-corrected chi connectivity index (χ4v) is 5.20. The van der Waals surface area contributed by atoms with Crippen LogP contribution < -0.4 is 15.8 Å². The van der Waals surface area contributed by atoms with Crippen molar-refractivity contribution in [3.8, 4) is 11.5 Å². The molecule has 8 nitrogen and oxygen atoms in total. The number of nitrogens with one attached hydrogen (secondary N) is 1. The summed E-state index contributed by atoms with van der Waals surface area (Å²) in [7, 11) is 0. The lowest BCUT2D eigenvalue weighted by atomic mass is 9.96. The van der Waals surface area contributed by atoms with Gasteiger partial charge in [0.15, 0.2) is 10.9 Å². The number of thiazole rings is 1. The number of rotatable bonds is 6. The molecule has 0 saturated carbocycles. The van der Waals surface area contributed by atoms with Gasteiger partial charge in [-0.25, -0.2) is 9.67 Å². The molecular formula is C24H25N5O3S. The van der Waals surface area contributed by atoms with E-state index >= 15 is 0 Å². The van der Waals surface area contributed by atoms with Gasteiger partial charge in [0.25, 0.3) is 5.56 Å². The van der Waals surface area contributed by atoms with Gasteiger partial charge in [0, 0.05) is 31.6 Å². The predicted molar refractivity (Wildman–Crippen MR) is 129 cm³/mol. The van der Waals surface area contributed by atoms with Gasteiger partial charge < -0.3 is 14.6 Å². The molecule has 170 valence electrons. The molecule has 4 heterocycles. The van der Waals surface area contributed by atoms with Crippen LogP contribution in [0.4, 0.5) is 5.13 Å². The summed E-state index contributed by atoms with van der Waals surface area (Å²) in [6.07, 6.45) is 3.13. The van der Waals surface area contributed by atoms with Crippen LogP contribution in [-0.2, 0) is 11.3 Å². The molecular weight excluding hydrogens is 438 g/mol. The third-order valence-electron chi connectivity index (χ3n) is 5.93. The van der Waals surface area contributed by atoms with Crippen LogP contribution in [0.5, 0.6) is 0 Å². The van der Waals surface area contributed by atoms with Gasteiger partial charge in [-0.15, -0.1) is 0 Å². The fourth-order valence-electron chi connectivity index (χ4n) is 4.08. The van der Waals surface area contributed by atoms with Crippen molar-refractivity contribution in [1.29, 1.82) is 0 Å². The molecule has 9 heteroatoms. The number of furan rings is 1. The van der Waals surface area contributed by atoms with E-state index in [4.69, 9.17) is 9.40 Å². The summed E-state index contributed by atoms with van der Waals surface area (Å²) >= 11 is 1.71. The number of fused-ring (bicyclic) bond motifs is 1. The minimum absolute atomic E-state index is 0.0305. The van der Waals surface area contributed by atoms with Gasteiger partial charge in [0.05, 0.1) is 23.0 Å². The van der Waals surface area contributed by atoms with E-state index in [1.54, 1.807) is 35.8 Å². The lowest BCUT2D eigenvalue weighted by molar-refractivity contribution is -0.125. The Hall–Kier alpha value is -3.46. The Morgan fingerprint density at radius 1 is 1.21 bits per heavy atom. The zero-order valence-corrected chi connectivity index (χ0v) is 19.2. The minimum atomic E-state index is -0.209. The Labute approximate surface area is 194 Å². The van der Waals surface area contributed by atoms with Gasteiger partial charge >= 0.3 is 0 Å². The molecule has 1 aliphatic rings. The van der Waals surface area contributed by atoms with Crippen molar-refractivity contribution in [3.05, 3.63) is 64.6 Å². The number of anilines is 1. The van der Waals surface area contributed by atoms with Crippen LogP contribution in [0, 0.1) is 12.8 Å². The molecule has 1 aromatic carbocycles. The SMILES string of the molecule is Cc1ccc2nc(N3CCC(C(=O)NCCn4nc(-c5ccco5)ccc4=O)CC3)sc2c1. The Balaban J connectivity index is 1.13. The van der Waals surface area contributed by atoms with Crippen molar-refractivity contribution in [2.75, 3.05) is 24.5 Å². The Morgan fingerprint density at radius 3 is 2.85 bits per heavy atom. The largest absolute Gasteiger partial charge is 0.463 e. The first kappa shape index (κ1) is 21.4. The van der Waals surface area contributed by atoms with Crippen LogP contribution in [0.1, 0.15) is 18.4 Å². The van der Waals surface area contributed by atoms with E-state index < -0.39 is 0 Å². The van der Waals surface area contributed by atoms with Gasteiger partial charge in [-0.2, -0.15) is 5.10 Å². The Kier molecular flexibility index (Phi) is 5.95. The molecule has 0 aliphatic carbocycles. The zero-order chi connectivity index (χ0) is 22.8. The van der Waals surface area contributed by atoms with Gasteiger partial charge in [0.2, 0.25) is 5.91 Å². The van der Waals surface area contributed by atoms with E-state index in [2.05, 4.69) is 40.4 Å². The van der Waals surface area contributed by atoms with Crippen LogP contribution in [0.3, 0.4) is 0 Å². The average molecular weight is 464 g/mol. The summed E-state index contributed by atoms with van der Waals surface area (Å²) < 4.78 is 7.90. The molecule has 1 aliphatic heterocycles. The molecule has 0 atom stereocenters. The molecule has 33 heavy (non-hydrogen) atoms. The standard InChI is InChI=1S/C24H25N5O3S/c1-16-4-5-19-21(15-16)33-24(26-19)28-11-8-17(9-12-28)23(31)25-10-13-29-22(30)7-6-18(27-29)20-3-2-14-32-20/h2-7,14-15,17H,8-13H2,1H3,(H,25,31). The average Bonchev–Trinajstić information content (AvgIpc) is 3.50. The summed E-state index contributed by atoms with van der Waals surface area (Å²) in [6, 6.07) is 13.0. The summed E-state index contributed by atoms with van der Waals surface area (Å²) in [5.41, 5.74) is 2.64. The van der Waals surface area contributed by atoms with Crippen LogP contribution in [0.15, 0.2) is 57.9 Å². The van der Waals surface area contributed by atoms with Crippen LogP contribution >= 0.6 is 11.3 Å². The molecule has 0 bridgehead atoms. The topological polar surface area (TPSA) is 93.3 Å². The smallest absolute Gasteiger partial charge is 0.266 e. The highest BCUT2D eigenvalue weighted by Crippen LogP contribution is 2.32. The predicted octanol–water partition coefficient (Wildman–Crippen LogP) is 3.45. The summed E-state index contributed by atoms with van der Waals surface area (Å²) in [4.78, 5) is 31.8. The molecule has 1 fully saturated rings. The molecule has 3 aromatic heterocycles. The van der Waals surface area contributed by atoms with Gasteiger partial charge in [0.1, 0.15) is 5.69 Å². The number of amides is 1.